The number of aromatic amines is 1. The summed E-state index contributed by atoms with van der Waals surface area (Å²) in [6.07, 6.45) is -2.82. The van der Waals surface area contributed by atoms with Crippen LogP contribution in [0.15, 0.2) is 48.5 Å². The van der Waals surface area contributed by atoms with Crippen LogP contribution in [0.3, 0.4) is 0 Å². The Bertz CT molecular complexity index is 1430. The van der Waals surface area contributed by atoms with E-state index in [4.69, 9.17) is 9.90 Å². The fourth-order valence-corrected chi connectivity index (χ4v) is 5.37. The lowest BCUT2D eigenvalue weighted by Crippen LogP contribution is -2.31. The maximum Gasteiger partial charge on any atom is 0.490 e. The number of carbonyl (C=O) groups excluding carboxylic acids is 2. The Labute approximate surface area is 214 Å². The third-order valence-electron chi connectivity index (χ3n) is 6.04. The largest absolute Gasteiger partial charge is 0.490 e. The smallest absolute Gasteiger partial charge is 0.475 e. The van der Waals surface area contributed by atoms with Crippen LogP contribution in [0.4, 0.5) is 13.2 Å². The lowest BCUT2D eigenvalue weighted by Gasteiger charge is -2.17. The van der Waals surface area contributed by atoms with Crippen molar-refractivity contribution in [1.82, 2.24) is 20.0 Å². The van der Waals surface area contributed by atoms with Gasteiger partial charge in [-0.2, -0.15) is 13.2 Å². The molecule has 4 N–H and O–H groups in total. The van der Waals surface area contributed by atoms with E-state index in [0.717, 1.165) is 29.4 Å². The molecule has 1 unspecified atom stereocenters. The van der Waals surface area contributed by atoms with Crippen LogP contribution in [0, 0.1) is 5.92 Å². The normalized spacial score (nSPS) is 19.2. The van der Waals surface area contributed by atoms with E-state index in [2.05, 4.69) is 15.3 Å². The topological polar surface area (TPSA) is 158 Å². The standard InChI is InChI=1S/C22H22N4O4S.C2HF3O2/c27-20-12-19(31(29,30)26-20)14-7-5-13(6-8-14)11-18(25-22(28)15-9-10-15)21-23-16-3-1-2-4-17(16)24-21;3-2(4,5)1(6)7/h1-8,15,18-19H,9-12H2,(H,23,24)(H,25,28)(H,26,27);(H,6,7)/t18-,19?;/m0./s1. The van der Waals surface area contributed by atoms with E-state index in [0.29, 0.717) is 17.8 Å². The molecule has 0 radical (unpaired) electrons. The zero-order chi connectivity index (χ0) is 27.7. The van der Waals surface area contributed by atoms with Gasteiger partial charge >= 0.3 is 12.1 Å². The van der Waals surface area contributed by atoms with Crippen molar-refractivity contribution in [3.8, 4) is 0 Å². The minimum atomic E-state index is -5.08. The molecule has 0 bridgehead atoms. The Morgan fingerprint density at radius 3 is 2.26 bits per heavy atom. The van der Waals surface area contributed by atoms with Crippen molar-refractivity contribution < 1.29 is 41.1 Å². The highest BCUT2D eigenvalue weighted by Crippen LogP contribution is 2.32. The Kier molecular flexibility index (Phi) is 7.44. The number of fused-ring (bicyclic) bond motifs is 1. The predicted molar refractivity (Wildman–Crippen MR) is 128 cm³/mol. The minimum Gasteiger partial charge on any atom is -0.475 e. The van der Waals surface area contributed by atoms with Gasteiger partial charge in [0.1, 0.15) is 11.1 Å². The average molecular weight is 553 g/mol. The number of imidazole rings is 1. The summed E-state index contributed by atoms with van der Waals surface area (Å²) in [4.78, 5) is 40.8. The summed E-state index contributed by atoms with van der Waals surface area (Å²) in [5, 5.41) is 9.37. The number of aliphatic carboxylic acids is 1. The summed E-state index contributed by atoms with van der Waals surface area (Å²) in [6, 6.07) is 14.5. The summed E-state index contributed by atoms with van der Waals surface area (Å²) < 4.78 is 58.0. The quantitative estimate of drug-likeness (QED) is 0.366. The summed E-state index contributed by atoms with van der Waals surface area (Å²) >= 11 is 0. The molecule has 2 amide bonds. The molecule has 2 aliphatic rings. The predicted octanol–water partition coefficient (Wildman–Crippen LogP) is 2.90. The molecule has 0 spiro atoms. The minimum absolute atomic E-state index is 0.0312. The summed E-state index contributed by atoms with van der Waals surface area (Å²) in [7, 11) is -3.67. The van der Waals surface area contributed by atoms with Gasteiger partial charge < -0.3 is 15.4 Å². The number of hydrogen-bond donors (Lipinski definition) is 4. The first-order chi connectivity index (χ1) is 17.8. The van der Waals surface area contributed by atoms with Gasteiger partial charge in [-0.1, -0.05) is 36.4 Å². The van der Waals surface area contributed by atoms with E-state index in [1.165, 1.54) is 0 Å². The summed E-state index contributed by atoms with van der Waals surface area (Å²) in [5.41, 5.74) is 3.24. The van der Waals surface area contributed by atoms with Crippen molar-refractivity contribution in [2.24, 2.45) is 5.92 Å². The molecule has 1 aliphatic carbocycles. The number of amides is 2. The lowest BCUT2D eigenvalue weighted by molar-refractivity contribution is -0.192. The lowest BCUT2D eigenvalue weighted by atomic mass is 10.0. The number of halogens is 3. The fourth-order valence-electron chi connectivity index (χ4n) is 3.94. The fraction of sp³-hybridized carbons (Fsp3) is 0.333. The Balaban J connectivity index is 0.000000426. The van der Waals surface area contributed by atoms with Gasteiger partial charge in [-0.25, -0.2) is 18.2 Å². The number of carbonyl (C=O) groups is 3. The highest BCUT2D eigenvalue weighted by molar-refractivity contribution is 7.90. The number of aromatic nitrogens is 2. The SMILES string of the molecule is O=C(O)C(F)(F)F.O=C1CC(c2ccc(C[C@H](NC(=O)C3CC3)c3nc4ccccc4[nH]3)cc2)S(=O)(=O)N1. The number of nitrogens with zero attached hydrogens (tertiary/aromatic N) is 1. The molecular formula is C24H23F3N4O6S. The van der Waals surface area contributed by atoms with Gasteiger partial charge in [-0.3, -0.25) is 14.3 Å². The molecule has 38 heavy (non-hydrogen) atoms. The van der Waals surface area contributed by atoms with Crippen molar-refractivity contribution >= 4 is 38.8 Å². The van der Waals surface area contributed by atoms with Crippen LogP contribution in [0.5, 0.6) is 0 Å². The number of para-hydroxylation sites is 2. The van der Waals surface area contributed by atoms with Gasteiger partial charge in [0, 0.05) is 5.92 Å². The van der Waals surface area contributed by atoms with Crippen molar-refractivity contribution in [1.29, 1.82) is 0 Å². The van der Waals surface area contributed by atoms with Crippen LogP contribution in [-0.4, -0.2) is 47.5 Å². The number of sulfonamides is 1. The van der Waals surface area contributed by atoms with E-state index in [1.54, 1.807) is 12.1 Å². The molecule has 2 atom stereocenters. The highest BCUT2D eigenvalue weighted by atomic mass is 32.2. The summed E-state index contributed by atoms with van der Waals surface area (Å²) in [6.45, 7) is 0. The van der Waals surface area contributed by atoms with Gasteiger partial charge in [0.2, 0.25) is 21.8 Å². The van der Waals surface area contributed by atoms with E-state index in [-0.39, 0.29) is 24.3 Å². The van der Waals surface area contributed by atoms with E-state index >= 15 is 0 Å². The monoisotopic (exact) mass is 552 g/mol. The van der Waals surface area contributed by atoms with Crippen LogP contribution in [0.1, 0.15) is 47.5 Å². The third-order valence-corrected chi connectivity index (χ3v) is 7.74. The second-order valence-corrected chi connectivity index (χ2v) is 10.8. The third kappa shape index (κ3) is 6.49. The van der Waals surface area contributed by atoms with Gasteiger partial charge in [-0.05, 0) is 42.5 Å². The molecule has 1 aliphatic heterocycles. The molecule has 2 fully saturated rings. The zero-order valence-electron chi connectivity index (χ0n) is 19.7. The number of hydrogen-bond acceptors (Lipinski definition) is 6. The number of H-pyrrole nitrogens is 1. The molecule has 1 saturated carbocycles. The number of rotatable bonds is 6. The second-order valence-electron chi connectivity index (χ2n) is 8.99. The number of nitrogens with one attached hydrogen (secondary N) is 3. The number of carboxylic acid groups (broad SMARTS) is 1. The zero-order valence-corrected chi connectivity index (χ0v) is 20.5. The van der Waals surface area contributed by atoms with Gasteiger partial charge in [-0.15, -0.1) is 0 Å². The first-order valence-electron chi connectivity index (χ1n) is 11.5. The molecule has 1 aromatic heterocycles. The second kappa shape index (κ2) is 10.4. The molecular weight excluding hydrogens is 529 g/mol. The molecule has 2 heterocycles. The Morgan fingerprint density at radius 1 is 1.11 bits per heavy atom. The van der Waals surface area contributed by atoms with Crippen molar-refractivity contribution in [2.75, 3.05) is 0 Å². The van der Waals surface area contributed by atoms with Crippen molar-refractivity contribution in [2.45, 2.75) is 43.2 Å². The number of alkyl halides is 3. The van der Waals surface area contributed by atoms with Crippen molar-refractivity contribution in [3.05, 3.63) is 65.5 Å². The van der Waals surface area contributed by atoms with E-state index in [9.17, 15) is 31.2 Å². The van der Waals surface area contributed by atoms with Crippen LogP contribution in [-0.2, 0) is 30.8 Å². The van der Waals surface area contributed by atoms with Crippen LogP contribution >= 0.6 is 0 Å². The maximum atomic E-state index is 12.5. The molecule has 10 nitrogen and oxygen atoms in total. The Hall–Kier alpha value is -3.94. The van der Waals surface area contributed by atoms with Crippen LogP contribution in [0.25, 0.3) is 11.0 Å². The molecule has 2 aromatic carbocycles. The van der Waals surface area contributed by atoms with E-state index in [1.807, 2.05) is 41.1 Å². The van der Waals surface area contributed by atoms with Gasteiger partial charge in [0.05, 0.1) is 23.5 Å². The molecule has 202 valence electrons. The van der Waals surface area contributed by atoms with Crippen LogP contribution in [0.2, 0.25) is 0 Å². The van der Waals surface area contributed by atoms with Gasteiger partial charge in [0.25, 0.3) is 0 Å². The Morgan fingerprint density at radius 2 is 1.74 bits per heavy atom. The van der Waals surface area contributed by atoms with Crippen molar-refractivity contribution in [3.63, 3.8) is 0 Å². The molecule has 5 rings (SSSR count). The molecule has 14 heteroatoms. The molecule has 1 saturated heterocycles. The van der Waals surface area contributed by atoms with Crippen LogP contribution < -0.4 is 10.0 Å². The van der Waals surface area contributed by atoms with Gasteiger partial charge in [0.15, 0.2) is 0 Å². The van der Waals surface area contributed by atoms with E-state index < -0.39 is 33.3 Å². The number of benzene rings is 2. The highest BCUT2D eigenvalue weighted by Gasteiger charge is 2.39. The maximum absolute atomic E-state index is 12.5. The summed E-state index contributed by atoms with van der Waals surface area (Å²) in [5.74, 6) is -2.45. The first-order valence-corrected chi connectivity index (χ1v) is 13.1. The number of carboxylic acids is 1. The molecule has 3 aromatic rings. The first kappa shape index (κ1) is 27.1. The average Bonchev–Trinajstić information content (AvgIpc) is 3.54.